The Morgan fingerprint density at radius 3 is 2.62 bits per heavy atom. The molecule has 0 unspecified atom stereocenters. The maximum atomic E-state index is 11.7. The average Bonchev–Trinajstić information content (AvgIpc) is 3.07. The van der Waals surface area contributed by atoms with Crippen molar-refractivity contribution in [3.8, 4) is 0 Å². The molecule has 1 heterocycles. The van der Waals surface area contributed by atoms with Gasteiger partial charge in [0.2, 0.25) is 5.91 Å². The lowest BCUT2D eigenvalue weighted by atomic mass is 10.2. The van der Waals surface area contributed by atoms with E-state index < -0.39 is 0 Å². The number of esters is 1. The molecule has 24 heavy (non-hydrogen) atoms. The standard InChI is InChI=1S/C17H16N2O4S/c1-2-22-16(21)12-5-7-13(8-6-12)18-17(24)19-15(20)10-9-14-4-3-11-23-14/h3-11H,2H2,1H3,(H2,18,19,20,24)/b10-9+. The van der Waals surface area contributed by atoms with Crippen LogP contribution in [0.25, 0.3) is 6.08 Å². The molecule has 124 valence electrons. The van der Waals surface area contributed by atoms with Gasteiger partial charge >= 0.3 is 5.97 Å². The summed E-state index contributed by atoms with van der Waals surface area (Å²) in [5.74, 6) is -0.200. The largest absolute Gasteiger partial charge is 0.465 e. The topological polar surface area (TPSA) is 80.6 Å². The minimum atomic E-state index is -0.386. The number of anilines is 1. The zero-order valence-corrected chi connectivity index (χ0v) is 13.8. The molecule has 2 aromatic rings. The summed E-state index contributed by atoms with van der Waals surface area (Å²) in [4.78, 5) is 23.3. The van der Waals surface area contributed by atoms with Crippen LogP contribution in [-0.4, -0.2) is 23.6 Å². The molecule has 7 heteroatoms. The molecule has 2 rings (SSSR count). The van der Waals surface area contributed by atoms with Crippen LogP contribution in [0, 0.1) is 0 Å². The number of benzene rings is 1. The highest BCUT2D eigenvalue weighted by molar-refractivity contribution is 7.80. The first kappa shape index (κ1) is 17.4. The molecular formula is C17H16N2O4S. The van der Waals surface area contributed by atoms with Gasteiger partial charge in [0.1, 0.15) is 5.76 Å². The Balaban J connectivity index is 1.85. The van der Waals surface area contributed by atoms with Crippen molar-refractivity contribution in [2.75, 3.05) is 11.9 Å². The molecule has 0 radical (unpaired) electrons. The Bertz CT molecular complexity index is 736. The molecule has 1 amide bonds. The quantitative estimate of drug-likeness (QED) is 0.493. The summed E-state index contributed by atoms with van der Waals surface area (Å²) in [5.41, 5.74) is 1.09. The van der Waals surface area contributed by atoms with E-state index in [0.717, 1.165) is 0 Å². The number of ether oxygens (including phenoxy) is 1. The zero-order chi connectivity index (χ0) is 17.4. The Labute approximate surface area is 144 Å². The van der Waals surface area contributed by atoms with Crippen LogP contribution < -0.4 is 10.6 Å². The Morgan fingerprint density at radius 2 is 2.00 bits per heavy atom. The van der Waals surface area contributed by atoms with Crippen LogP contribution in [0.1, 0.15) is 23.0 Å². The van der Waals surface area contributed by atoms with Gasteiger partial charge in [0.05, 0.1) is 18.4 Å². The van der Waals surface area contributed by atoms with Crippen LogP contribution >= 0.6 is 12.2 Å². The minimum Gasteiger partial charge on any atom is -0.465 e. The lowest BCUT2D eigenvalue weighted by molar-refractivity contribution is -0.115. The SMILES string of the molecule is CCOC(=O)c1ccc(NC(=S)NC(=O)/C=C/c2ccco2)cc1. The van der Waals surface area contributed by atoms with Gasteiger partial charge < -0.3 is 14.5 Å². The lowest BCUT2D eigenvalue weighted by Crippen LogP contribution is -2.32. The van der Waals surface area contributed by atoms with Gasteiger partial charge in [-0.15, -0.1) is 0 Å². The summed E-state index contributed by atoms with van der Waals surface area (Å²) in [5, 5.41) is 5.51. The van der Waals surface area contributed by atoms with E-state index in [1.54, 1.807) is 43.3 Å². The van der Waals surface area contributed by atoms with Crippen LogP contribution in [0.15, 0.2) is 53.2 Å². The first-order chi connectivity index (χ1) is 11.6. The van der Waals surface area contributed by atoms with Crippen LogP contribution in [0.4, 0.5) is 5.69 Å². The first-order valence-electron chi connectivity index (χ1n) is 7.19. The fourth-order valence-corrected chi connectivity index (χ4v) is 1.98. The van der Waals surface area contributed by atoms with E-state index in [1.165, 1.54) is 18.4 Å². The lowest BCUT2D eigenvalue weighted by Gasteiger charge is -2.08. The summed E-state index contributed by atoms with van der Waals surface area (Å²) >= 11 is 5.06. The minimum absolute atomic E-state index is 0.146. The number of furan rings is 1. The van der Waals surface area contributed by atoms with Gasteiger partial charge in [0.15, 0.2) is 5.11 Å². The van der Waals surface area contributed by atoms with E-state index in [4.69, 9.17) is 21.4 Å². The number of thiocarbonyl (C=S) groups is 1. The Hall–Kier alpha value is -2.93. The van der Waals surface area contributed by atoms with Crippen LogP contribution in [0.2, 0.25) is 0 Å². The molecule has 0 aliphatic heterocycles. The number of amides is 1. The molecule has 0 aliphatic carbocycles. The number of carbonyl (C=O) groups is 2. The van der Waals surface area contributed by atoms with Crippen molar-refractivity contribution in [2.45, 2.75) is 6.92 Å². The summed E-state index contributed by atoms with van der Waals surface area (Å²) in [6.45, 7) is 2.07. The van der Waals surface area contributed by atoms with Gasteiger partial charge in [-0.1, -0.05) is 0 Å². The second kappa shape index (κ2) is 8.64. The van der Waals surface area contributed by atoms with Crippen molar-refractivity contribution in [1.82, 2.24) is 5.32 Å². The smallest absolute Gasteiger partial charge is 0.338 e. The van der Waals surface area contributed by atoms with Gasteiger partial charge in [0, 0.05) is 11.8 Å². The third-order valence-electron chi connectivity index (χ3n) is 2.83. The molecular weight excluding hydrogens is 328 g/mol. The molecule has 0 fully saturated rings. The van der Waals surface area contributed by atoms with E-state index in [1.807, 2.05) is 0 Å². The fraction of sp³-hybridized carbons (Fsp3) is 0.118. The maximum absolute atomic E-state index is 11.7. The molecule has 1 aromatic heterocycles. The molecule has 1 aromatic carbocycles. The Morgan fingerprint density at radius 1 is 1.25 bits per heavy atom. The number of rotatable bonds is 5. The fourth-order valence-electron chi connectivity index (χ4n) is 1.76. The van der Waals surface area contributed by atoms with Gasteiger partial charge in [-0.3, -0.25) is 10.1 Å². The molecule has 0 aliphatic rings. The zero-order valence-electron chi connectivity index (χ0n) is 12.9. The summed E-state index contributed by atoms with van der Waals surface area (Å²) < 4.78 is 9.98. The van der Waals surface area contributed by atoms with E-state index in [-0.39, 0.29) is 17.0 Å². The number of hydrogen-bond acceptors (Lipinski definition) is 5. The van der Waals surface area contributed by atoms with E-state index in [0.29, 0.717) is 23.6 Å². The van der Waals surface area contributed by atoms with E-state index in [2.05, 4.69) is 10.6 Å². The van der Waals surface area contributed by atoms with Gasteiger partial charge in [-0.2, -0.15) is 0 Å². The molecule has 6 nitrogen and oxygen atoms in total. The van der Waals surface area contributed by atoms with Gasteiger partial charge in [-0.25, -0.2) is 4.79 Å². The third-order valence-corrected chi connectivity index (χ3v) is 3.04. The van der Waals surface area contributed by atoms with Crippen LogP contribution in [0.5, 0.6) is 0 Å². The van der Waals surface area contributed by atoms with E-state index >= 15 is 0 Å². The molecule has 0 saturated carbocycles. The predicted octanol–water partition coefficient (Wildman–Crippen LogP) is 2.98. The predicted molar refractivity (Wildman–Crippen MR) is 94.5 cm³/mol. The second-order valence-corrected chi connectivity index (χ2v) is 5.00. The monoisotopic (exact) mass is 344 g/mol. The van der Waals surface area contributed by atoms with Crippen molar-refractivity contribution in [1.29, 1.82) is 0 Å². The van der Waals surface area contributed by atoms with Crippen molar-refractivity contribution in [3.63, 3.8) is 0 Å². The molecule has 2 N–H and O–H groups in total. The number of carbonyl (C=O) groups excluding carboxylic acids is 2. The van der Waals surface area contributed by atoms with Gasteiger partial charge in [0.25, 0.3) is 0 Å². The normalized spacial score (nSPS) is 10.4. The summed E-state index contributed by atoms with van der Waals surface area (Å²) in [7, 11) is 0. The van der Waals surface area contributed by atoms with Crippen molar-refractivity contribution >= 4 is 41.0 Å². The highest BCUT2D eigenvalue weighted by Crippen LogP contribution is 2.10. The first-order valence-corrected chi connectivity index (χ1v) is 7.60. The Kier molecular flexibility index (Phi) is 6.27. The van der Waals surface area contributed by atoms with Crippen LogP contribution in [-0.2, 0) is 9.53 Å². The number of hydrogen-bond donors (Lipinski definition) is 2. The molecule has 0 spiro atoms. The molecule has 0 atom stereocenters. The highest BCUT2D eigenvalue weighted by Gasteiger charge is 2.06. The van der Waals surface area contributed by atoms with Gasteiger partial charge in [-0.05, 0) is 61.6 Å². The van der Waals surface area contributed by atoms with Crippen molar-refractivity contribution in [2.24, 2.45) is 0 Å². The van der Waals surface area contributed by atoms with Crippen molar-refractivity contribution < 1.29 is 18.7 Å². The average molecular weight is 344 g/mol. The van der Waals surface area contributed by atoms with Crippen molar-refractivity contribution in [3.05, 3.63) is 60.1 Å². The molecule has 0 bridgehead atoms. The number of nitrogens with one attached hydrogen (secondary N) is 2. The highest BCUT2D eigenvalue weighted by atomic mass is 32.1. The summed E-state index contributed by atoms with van der Waals surface area (Å²) in [6, 6.07) is 10.0. The molecule has 0 saturated heterocycles. The maximum Gasteiger partial charge on any atom is 0.338 e. The third kappa shape index (κ3) is 5.36. The van der Waals surface area contributed by atoms with E-state index in [9.17, 15) is 9.59 Å². The van der Waals surface area contributed by atoms with Crippen LogP contribution in [0.3, 0.4) is 0 Å². The summed E-state index contributed by atoms with van der Waals surface area (Å²) in [6.07, 6.45) is 4.37. The second-order valence-electron chi connectivity index (χ2n) is 4.59.